The van der Waals surface area contributed by atoms with E-state index < -0.39 is 67.2 Å². The summed E-state index contributed by atoms with van der Waals surface area (Å²) in [5.74, 6) is -3.44. The molecule has 1 aliphatic heterocycles. The fourth-order valence-corrected chi connectivity index (χ4v) is 5.12. The molecule has 13 nitrogen and oxygen atoms in total. The summed E-state index contributed by atoms with van der Waals surface area (Å²) >= 11 is 3.28. The fraction of sp³-hybridized carbons (Fsp3) is 0.438. The van der Waals surface area contributed by atoms with Gasteiger partial charge in [-0.2, -0.15) is 0 Å². The van der Waals surface area contributed by atoms with Gasteiger partial charge in [-0.15, -0.1) is 0 Å². The number of hydrogen-bond donors (Lipinski definition) is 0. The van der Waals surface area contributed by atoms with Gasteiger partial charge in [0.25, 0.3) is 0 Å². The van der Waals surface area contributed by atoms with Crippen LogP contribution in [0, 0.1) is 0 Å². The van der Waals surface area contributed by atoms with Crippen molar-refractivity contribution in [2.45, 2.75) is 71.2 Å². The molecule has 1 fully saturated rings. The zero-order valence-electron chi connectivity index (χ0n) is 25.9. The normalized spacial score (nSPS) is 20.5. The second-order valence-corrected chi connectivity index (χ2v) is 11.0. The summed E-state index contributed by atoms with van der Waals surface area (Å²) in [6, 6.07) is 11.6. The van der Waals surface area contributed by atoms with Gasteiger partial charge in [-0.1, -0.05) is 40.2 Å². The number of methoxy groups -OCH3 is 1. The van der Waals surface area contributed by atoms with Crippen LogP contribution in [0.25, 0.3) is 11.1 Å². The molecule has 1 heterocycles. The third-order valence-corrected chi connectivity index (χ3v) is 7.03. The van der Waals surface area contributed by atoms with Crippen molar-refractivity contribution in [3.05, 3.63) is 53.6 Å². The Bertz CT molecular complexity index is 1460. The molecule has 3 rings (SSSR count). The Balaban J connectivity index is 2.15. The minimum atomic E-state index is -1.50. The molecule has 5 atom stereocenters. The van der Waals surface area contributed by atoms with Crippen LogP contribution in [-0.2, 0) is 58.8 Å². The summed E-state index contributed by atoms with van der Waals surface area (Å²) in [6.07, 6.45) is -6.76. The Hall–Kier alpha value is -4.30. The zero-order valence-corrected chi connectivity index (χ0v) is 27.5. The molecule has 0 N–H and O–H groups in total. The highest BCUT2D eigenvalue weighted by Crippen LogP contribution is 2.36. The predicted molar refractivity (Wildman–Crippen MR) is 163 cm³/mol. The summed E-state index contributed by atoms with van der Waals surface area (Å²) in [4.78, 5) is 73.0. The lowest BCUT2D eigenvalue weighted by Crippen LogP contribution is -2.63. The molecule has 0 spiro atoms. The van der Waals surface area contributed by atoms with Crippen LogP contribution in [0.15, 0.2) is 42.5 Å². The van der Waals surface area contributed by atoms with E-state index in [1.807, 2.05) is 0 Å². The molecule has 0 aliphatic carbocycles. The Labute approximate surface area is 273 Å². The number of alkyl halides is 1. The first-order valence-corrected chi connectivity index (χ1v) is 15.3. The maximum absolute atomic E-state index is 12.8. The van der Waals surface area contributed by atoms with Crippen LogP contribution in [0.5, 0.6) is 5.75 Å². The first kappa shape index (κ1) is 36.2. The van der Waals surface area contributed by atoms with Gasteiger partial charge >= 0.3 is 29.8 Å². The summed E-state index contributed by atoms with van der Waals surface area (Å²) < 4.78 is 38.8. The lowest BCUT2D eigenvalue weighted by Gasteiger charge is -2.44. The molecule has 248 valence electrons. The maximum atomic E-state index is 12.8. The number of rotatable bonds is 13. The molecule has 0 bridgehead atoms. The Morgan fingerprint density at radius 3 is 2.07 bits per heavy atom. The largest absolute Gasteiger partial charge is 0.469 e. The van der Waals surface area contributed by atoms with Crippen LogP contribution in [0.2, 0.25) is 0 Å². The van der Waals surface area contributed by atoms with Crippen molar-refractivity contribution < 1.29 is 61.9 Å². The van der Waals surface area contributed by atoms with Crippen LogP contribution in [0.4, 0.5) is 0 Å². The minimum Gasteiger partial charge on any atom is -0.469 e. The molecule has 1 saturated heterocycles. The molecular formula is C32H35BrO13. The average molecular weight is 708 g/mol. The molecular weight excluding hydrogens is 672 g/mol. The van der Waals surface area contributed by atoms with E-state index in [9.17, 15) is 28.8 Å². The van der Waals surface area contributed by atoms with Crippen molar-refractivity contribution in [1.82, 2.24) is 0 Å². The molecule has 2 aromatic carbocycles. The molecule has 0 unspecified atom stereocenters. The van der Waals surface area contributed by atoms with Crippen LogP contribution in [0.3, 0.4) is 0 Å². The number of esters is 5. The highest BCUT2D eigenvalue weighted by atomic mass is 79.9. The highest BCUT2D eigenvalue weighted by molar-refractivity contribution is 9.09. The van der Waals surface area contributed by atoms with Gasteiger partial charge in [0.2, 0.25) is 12.4 Å². The lowest BCUT2D eigenvalue weighted by molar-refractivity contribution is -0.288. The van der Waals surface area contributed by atoms with Crippen molar-refractivity contribution in [2.24, 2.45) is 0 Å². The monoisotopic (exact) mass is 706 g/mol. The third-order valence-electron chi connectivity index (χ3n) is 6.63. The van der Waals surface area contributed by atoms with Gasteiger partial charge in [0.15, 0.2) is 18.0 Å². The molecule has 14 heteroatoms. The van der Waals surface area contributed by atoms with E-state index in [1.165, 1.54) is 20.1 Å². The smallest absolute Gasteiger partial charge is 0.309 e. The molecule has 0 aromatic heterocycles. The van der Waals surface area contributed by atoms with Gasteiger partial charge < -0.3 is 33.2 Å². The van der Waals surface area contributed by atoms with E-state index in [0.29, 0.717) is 27.6 Å². The number of Topliss-reactive ketones (excluding diaryl/α,β-unsaturated/α-hetero) is 1. The van der Waals surface area contributed by atoms with Gasteiger partial charge in [0.1, 0.15) is 18.5 Å². The minimum absolute atomic E-state index is 0.0115. The van der Waals surface area contributed by atoms with E-state index in [0.717, 1.165) is 20.8 Å². The van der Waals surface area contributed by atoms with Crippen molar-refractivity contribution in [2.75, 3.05) is 19.0 Å². The topological polar surface area (TPSA) is 167 Å². The second kappa shape index (κ2) is 16.9. The van der Waals surface area contributed by atoms with Crippen LogP contribution in [-0.4, -0.2) is 85.4 Å². The van der Waals surface area contributed by atoms with Crippen molar-refractivity contribution in [3.8, 4) is 16.9 Å². The second-order valence-electron chi connectivity index (χ2n) is 10.2. The maximum Gasteiger partial charge on any atom is 0.309 e. The molecule has 0 saturated carbocycles. The standard InChI is InChI=1S/C32H35BrO13/c1-17(34)41-16-27-29(42-18(2)35)30(43-19(3)36)31(44-20(4)37)32(46-27)45-26-10-9-23(25(38)11-12-33)15-24(26)22-8-6-7-21(13-22)14-28(39)40-5/h6-10,13,15,27,29-32H,11-12,14,16H2,1-5H3/t27-,29-,30+,31+,32+/m1/s1. The van der Waals surface area contributed by atoms with Crippen LogP contribution >= 0.6 is 15.9 Å². The third kappa shape index (κ3) is 10.1. The first-order chi connectivity index (χ1) is 21.8. The summed E-state index contributed by atoms with van der Waals surface area (Å²) in [5, 5.41) is 0.443. The number of hydrogen-bond acceptors (Lipinski definition) is 13. The Morgan fingerprint density at radius 2 is 1.46 bits per heavy atom. The molecule has 0 amide bonds. The number of carbonyl (C=O) groups excluding carboxylic acids is 6. The summed E-state index contributed by atoms with van der Waals surface area (Å²) in [5.41, 5.74) is 1.98. The van der Waals surface area contributed by atoms with Crippen LogP contribution in [0.1, 0.15) is 50.0 Å². The number of carbonyl (C=O) groups is 6. The fourth-order valence-electron chi connectivity index (χ4n) is 4.76. The number of ketones is 1. The van der Waals surface area contributed by atoms with E-state index in [1.54, 1.807) is 36.4 Å². The summed E-state index contributed by atoms with van der Waals surface area (Å²) in [6.45, 7) is 4.10. The summed E-state index contributed by atoms with van der Waals surface area (Å²) in [7, 11) is 1.28. The average Bonchev–Trinajstić information content (AvgIpc) is 2.98. The van der Waals surface area contributed by atoms with E-state index in [4.69, 9.17) is 33.2 Å². The molecule has 2 aromatic rings. The van der Waals surface area contributed by atoms with Gasteiger partial charge in [-0.05, 0) is 29.3 Å². The van der Waals surface area contributed by atoms with Gasteiger partial charge in [-0.3, -0.25) is 28.8 Å². The quantitative estimate of drug-likeness (QED) is 0.129. The lowest BCUT2D eigenvalue weighted by atomic mass is 9.96. The predicted octanol–water partition coefficient (Wildman–Crippen LogP) is 3.50. The van der Waals surface area contributed by atoms with Crippen LogP contribution < -0.4 is 4.74 Å². The van der Waals surface area contributed by atoms with Crippen molar-refractivity contribution in [1.29, 1.82) is 0 Å². The number of ether oxygens (including phenoxy) is 7. The van der Waals surface area contributed by atoms with Gasteiger partial charge in [0.05, 0.1) is 13.5 Å². The van der Waals surface area contributed by atoms with E-state index in [-0.39, 0.29) is 24.4 Å². The van der Waals surface area contributed by atoms with E-state index >= 15 is 0 Å². The van der Waals surface area contributed by atoms with Crippen molar-refractivity contribution in [3.63, 3.8) is 0 Å². The van der Waals surface area contributed by atoms with Gasteiger partial charge in [0, 0.05) is 50.6 Å². The Kier molecular flexibility index (Phi) is 13.2. The SMILES string of the molecule is COC(=O)Cc1cccc(-c2cc(C(=O)CCBr)ccc2O[C@H]2O[C@H](COC(C)=O)[C@@H](OC(C)=O)[C@H](OC(C)=O)[C@@H]2OC(C)=O)c1. The van der Waals surface area contributed by atoms with Crippen molar-refractivity contribution >= 4 is 51.6 Å². The van der Waals surface area contributed by atoms with E-state index in [2.05, 4.69) is 15.9 Å². The molecule has 1 aliphatic rings. The number of halogens is 1. The van der Waals surface area contributed by atoms with Gasteiger partial charge in [-0.25, -0.2) is 0 Å². The first-order valence-electron chi connectivity index (χ1n) is 14.2. The number of benzene rings is 2. The molecule has 0 radical (unpaired) electrons. The Morgan fingerprint density at radius 1 is 0.804 bits per heavy atom. The molecule has 46 heavy (non-hydrogen) atoms. The zero-order chi connectivity index (χ0) is 34.0. The highest BCUT2D eigenvalue weighted by Gasteiger charge is 2.53.